The molecule has 0 bridgehead atoms. The largest absolute Gasteiger partial charge is 0.307 e. The molecular formula is C9H9N5O3. The third kappa shape index (κ3) is 2.05. The summed E-state index contributed by atoms with van der Waals surface area (Å²) >= 11 is 0. The van der Waals surface area contributed by atoms with Crippen LogP contribution in [0, 0.1) is 10.1 Å². The van der Waals surface area contributed by atoms with Gasteiger partial charge in [-0.25, -0.2) is 4.68 Å². The summed E-state index contributed by atoms with van der Waals surface area (Å²) in [6, 6.07) is 0.972. The summed E-state index contributed by atoms with van der Waals surface area (Å²) in [5, 5.41) is 18.1. The molecule has 0 amide bonds. The zero-order valence-corrected chi connectivity index (χ0v) is 8.92. The Kier molecular flexibility index (Phi) is 2.69. The van der Waals surface area contributed by atoms with Gasteiger partial charge >= 0.3 is 5.69 Å². The minimum absolute atomic E-state index is 0.148. The van der Waals surface area contributed by atoms with Gasteiger partial charge in [0.2, 0.25) is 0 Å². The smallest absolute Gasteiger partial charge is 0.270 e. The van der Waals surface area contributed by atoms with E-state index in [4.69, 9.17) is 0 Å². The van der Waals surface area contributed by atoms with Gasteiger partial charge in [0.15, 0.2) is 0 Å². The number of nitro groups is 1. The summed E-state index contributed by atoms with van der Waals surface area (Å²) in [4.78, 5) is 21.8. The molecule has 0 saturated carbocycles. The van der Waals surface area contributed by atoms with E-state index in [-0.39, 0.29) is 11.6 Å². The number of carbonyl (C=O) groups excluding carboxylic acids is 1. The Bertz CT molecular complexity index is 545. The van der Waals surface area contributed by atoms with Crippen LogP contribution in [0.4, 0.5) is 5.69 Å². The van der Waals surface area contributed by atoms with E-state index in [0.29, 0.717) is 0 Å². The van der Waals surface area contributed by atoms with Gasteiger partial charge in [0, 0.05) is 12.4 Å². The number of rotatable bonds is 3. The van der Waals surface area contributed by atoms with Crippen molar-refractivity contribution < 1.29 is 9.72 Å². The van der Waals surface area contributed by atoms with Crippen molar-refractivity contribution in [1.82, 2.24) is 19.6 Å². The highest BCUT2D eigenvalue weighted by Crippen LogP contribution is 2.13. The minimum Gasteiger partial charge on any atom is -0.270 e. The maximum Gasteiger partial charge on any atom is 0.307 e. The van der Waals surface area contributed by atoms with Crippen molar-refractivity contribution in [1.29, 1.82) is 0 Å². The number of hydrogen-bond acceptors (Lipinski definition) is 5. The Morgan fingerprint density at radius 1 is 1.53 bits per heavy atom. The highest BCUT2D eigenvalue weighted by atomic mass is 16.6. The van der Waals surface area contributed by atoms with Crippen molar-refractivity contribution in [2.75, 3.05) is 0 Å². The van der Waals surface area contributed by atoms with Crippen molar-refractivity contribution in [3.05, 3.63) is 41.0 Å². The van der Waals surface area contributed by atoms with E-state index >= 15 is 0 Å². The molecule has 17 heavy (non-hydrogen) atoms. The summed E-state index contributed by atoms with van der Waals surface area (Å²) in [7, 11) is 0. The highest BCUT2D eigenvalue weighted by Gasteiger charge is 2.20. The molecule has 0 unspecified atom stereocenters. The topological polar surface area (TPSA) is 95.8 Å². The molecule has 0 spiro atoms. The first-order chi connectivity index (χ1) is 8.09. The Labute approximate surface area is 95.6 Å². The molecular weight excluding hydrogens is 226 g/mol. The second kappa shape index (κ2) is 4.16. The maximum atomic E-state index is 11.9. The molecule has 0 aliphatic heterocycles. The van der Waals surface area contributed by atoms with Gasteiger partial charge in [0.1, 0.15) is 18.4 Å². The van der Waals surface area contributed by atoms with Gasteiger partial charge in [0.05, 0.1) is 4.92 Å². The second-order valence-electron chi connectivity index (χ2n) is 3.40. The third-order valence-electron chi connectivity index (χ3n) is 2.28. The van der Waals surface area contributed by atoms with Crippen LogP contribution in [0.2, 0.25) is 0 Å². The fraction of sp³-hybridized carbons (Fsp3) is 0.222. The molecule has 88 valence electrons. The van der Waals surface area contributed by atoms with Crippen LogP contribution in [0.15, 0.2) is 30.9 Å². The molecule has 2 rings (SSSR count). The first kappa shape index (κ1) is 11.0. The van der Waals surface area contributed by atoms with Crippen molar-refractivity contribution in [3.63, 3.8) is 0 Å². The summed E-state index contributed by atoms with van der Waals surface area (Å²) in [5.41, 5.74) is -0.148. The van der Waals surface area contributed by atoms with Gasteiger partial charge in [-0.15, -0.1) is 0 Å². The van der Waals surface area contributed by atoms with E-state index in [1.807, 2.05) is 0 Å². The molecule has 0 aliphatic carbocycles. The van der Waals surface area contributed by atoms with Crippen LogP contribution in [0.5, 0.6) is 0 Å². The van der Waals surface area contributed by atoms with Crippen LogP contribution in [0.25, 0.3) is 0 Å². The third-order valence-corrected chi connectivity index (χ3v) is 2.28. The number of aromatic nitrogens is 4. The molecule has 8 nitrogen and oxygen atoms in total. The SMILES string of the molecule is C[C@@H](C(=O)n1cccn1)n1cc([N+](=O)[O-])cn1. The predicted octanol–water partition coefficient (Wildman–Crippen LogP) is 0.889. The van der Waals surface area contributed by atoms with Crippen molar-refractivity contribution in [3.8, 4) is 0 Å². The van der Waals surface area contributed by atoms with Gasteiger partial charge in [-0.2, -0.15) is 10.2 Å². The van der Waals surface area contributed by atoms with Gasteiger partial charge in [-0.3, -0.25) is 19.6 Å². The standard InChI is InChI=1S/C9H9N5O3/c1-7(9(15)12-4-2-3-10-12)13-6-8(5-11-13)14(16)17/h2-7H,1H3/t7-/m0/s1. The summed E-state index contributed by atoms with van der Waals surface area (Å²) in [5.74, 6) is -0.312. The average Bonchev–Trinajstić information content (AvgIpc) is 2.97. The van der Waals surface area contributed by atoms with Crippen LogP contribution in [-0.4, -0.2) is 30.4 Å². The Morgan fingerprint density at radius 2 is 2.29 bits per heavy atom. The molecule has 0 N–H and O–H groups in total. The molecule has 0 fully saturated rings. The monoisotopic (exact) mass is 235 g/mol. The lowest BCUT2D eigenvalue weighted by molar-refractivity contribution is -0.385. The first-order valence-electron chi connectivity index (χ1n) is 4.82. The summed E-state index contributed by atoms with van der Waals surface area (Å²) < 4.78 is 2.40. The van der Waals surface area contributed by atoms with Crippen molar-refractivity contribution in [2.45, 2.75) is 13.0 Å². The normalized spacial score (nSPS) is 12.3. The van der Waals surface area contributed by atoms with E-state index in [1.165, 1.54) is 23.3 Å². The Balaban J connectivity index is 2.22. The van der Waals surface area contributed by atoms with E-state index in [0.717, 1.165) is 10.9 Å². The second-order valence-corrected chi connectivity index (χ2v) is 3.40. The predicted molar refractivity (Wildman–Crippen MR) is 56.4 cm³/mol. The Morgan fingerprint density at radius 3 is 2.82 bits per heavy atom. The molecule has 8 heteroatoms. The van der Waals surface area contributed by atoms with Gasteiger partial charge in [0.25, 0.3) is 5.91 Å². The first-order valence-corrected chi connectivity index (χ1v) is 4.82. The molecule has 0 aliphatic rings. The maximum absolute atomic E-state index is 11.9. The molecule has 0 aromatic carbocycles. The van der Waals surface area contributed by atoms with Crippen LogP contribution in [0.3, 0.4) is 0 Å². The van der Waals surface area contributed by atoms with Gasteiger partial charge in [-0.1, -0.05) is 0 Å². The summed E-state index contributed by atoms with van der Waals surface area (Å²) in [6.45, 7) is 1.60. The molecule has 2 heterocycles. The van der Waals surface area contributed by atoms with Crippen molar-refractivity contribution >= 4 is 11.6 Å². The number of carbonyl (C=O) groups is 1. The molecule has 0 saturated heterocycles. The van der Waals surface area contributed by atoms with Crippen LogP contribution < -0.4 is 0 Å². The Hall–Kier alpha value is -2.51. The van der Waals surface area contributed by atoms with Crippen LogP contribution >= 0.6 is 0 Å². The highest BCUT2D eigenvalue weighted by molar-refractivity contribution is 5.81. The van der Waals surface area contributed by atoms with E-state index in [9.17, 15) is 14.9 Å². The zero-order valence-electron chi connectivity index (χ0n) is 8.92. The van der Waals surface area contributed by atoms with Gasteiger partial charge < -0.3 is 0 Å². The number of nitrogens with zero attached hydrogens (tertiary/aromatic N) is 5. The quantitative estimate of drug-likeness (QED) is 0.581. The molecule has 2 aromatic rings. The lowest BCUT2D eigenvalue weighted by Gasteiger charge is -2.09. The average molecular weight is 235 g/mol. The molecule has 1 atom stereocenters. The molecule has 2 aromatic heterocycles. The fourth-order valence-corrected chi connectivity index (χ4v) is 1.34. The fourth-order valence-electron chi connectivity index (χ4n) is 1.34. The van der Waals surface area contributed by atoms with E-state index in [2.05, 4.69) is 10.2 Å². The molecule has 0 radical (unpaired) electrons. The zero-order chi connectivity index (χ0) is 12.4. The van der Waals surface area contributed by atoms with Crippen LogP contribution in [0.1, 0.15) is 17.8 Å². The minimum atomic E-state index is -0.649. The van der Waals surface area contributed by atoms with E-state index in [1.54, 1.807) is 13.0 Å². The van der Waals surface area contributed by atoms with Crippen LogP contribution in [-0.2, 0) is 0 Å². The van der Waals surface area contributed by atoms with Crippen molar-refractivity contribution in [2.24, 2.45) is 0 Å². The summed E-state index contributed by atoms with van der Waals surface area (Å²) in [6.07, 6.45) is 5.31. The lowest BCUT2D eigenvalue weighted by atomic mass is 10.3. The number of hydrogen-bond donors (Lipinski definition) is 0. The lowest BCUT2D eigenvalue weighted by Crippen LogP contribution is -2.23. The van der Waals surface area contributed by atoms with E-state index < -0.39 is 11.0 Å². The van der Waals surface area contributed by atoms with Gasteiger partial charge in [-0.05, 0) is 13.0 Å².